The summed E-state index contributed by atoms with van der Waals surface area (Å²) in [4.78, 5) is 0. The molecule has 20 heteroatoms. The number of hydrogen-bond acceptors (Lipinski definition) is 10. The van der Waals surface area contributed by atoms with E-state index in [-0.39, 0.29) is 0 Å². The first-order chi connectivity index (χ1) is 12.1. The first kappa shape index (κ1) is 25.8. The van der Waals surface area contributed by atoms with Crippen molar-refractivity contribution in [2.75, 3.05) is 0 Å². The van der Waals surface area contributed by atoms with E-state index in [1.165, 1.54) is 0 Å². The van der Waals surface area contributed by atoms with Crippen molar-refractivity contribution in [3.63, 3.8) is 0 Å². The van der Waals surface area contributed by atoms with Crippen molar-refractivity contribution >= 4 is 95.7 Å². The third-order valence-corrected chi connectivity index (χ3v) is 25.2. The fourth-order valence-corrected chi connectivity index (χ4v) is 27.4. The second-order valence-electron chi connectivity index (χ2n) is 6.74. The van der Waals surface area contributed by atoms with Crippen LogP contribution in [0.3, 0.4) is 0 Å². The monoisotopic (exact) mass is 544 g/mol. The normalized spacial score (nSPS) is 33.9. The molecule has 0 N–H and O–H groups in total. The quantitative estimate of drug-likeness (QED) is 0.277. The molecule has 0 unspecified atom stereocenters. The van der Waals surface area contributed by atoms with Crippen LogP contribution in [0.5, 0.6) is 0 Å². The first-order valence-electron chi connectivity index (χ1n) is 8.27. The maximum atomic E-state index is 6.30. The Bertz CT molecular complexity index is 355. The highest BCUT2D eigenvalue weighted by Crippen LogP contribution is 2.21. The van der Waals surface area contributed by atoms with Gasteiger partial charge >= 0.3 is 25.7 Å². The molecule has 10 nitrogen and oxygen atoms in total. The highest BCUT2D eigenvalue weighted by Gasteiger charge is 2.41. The summed E-state index contributed by atoms with van der Waals surface area (Å²) in [5, 5.41) is 0. The zero-order valence-corrected chi connectivity index (χ0v) is 29.4. The van der Waals surface area contributed by atoms with Crippen LogP contribution in [0.15, 0.2) is 0 Å². The maximum Gasteiger partial charge on any atom is 0.314 e. The molecule has 1 aliphatic heterocycles. The largest absolute Gasteiger partial charge is 0.425 e. The number of hydrogen-bond donors (Lipinski definition) is 0. The maximum absolute atomic E-state index is 6.30. The van der Waals surface area contributed by atoms with Crippen molar-refractivity contribution in [3.05, 3.63) is 0 Å². The molecule has 0 bridgehead atoms. The molecular weight excluding hydrogens is 513 g/mol. The summed E-state index contributed by atoms with van der Waals surface area (Å²) in [6.07, 6.45) is 0. The summed E-state index contributed by atoms with van der Waals surface area (Å²) < 4.78 is 57.7. The summed E-state index contributed by atoms with van der Waals surface area (Å²) in [5.41, 5.74) is 0. The predicted octanol–water partition coefficient (Wildman–Crippen LogP) is -4.74. The molecule has 0 aliphatic carbocycles. The summed E-state index contributed by atoms with van der Waals surface area (Å²) in [6.45, 7) is 12.2. The molecule has 1 aliphatic rings. The molecule has 156 valence electrons. The van der Waals surface area contributed by atoms with Gasteiger partial charge in [-0.25, -0.2) is 0 Å². The Balaban J connectivity index is 2.54. The Labute approximate surface area is 175 Å². The van der Waals surface area contributed by atoms with Crippen molar-refractivity contribution in [1.82, 2.24) is 0 Å². The van der Waals surface area contributed by atoms with E-state index in [9.17, 15) is 0 Å². The minimum atomic E-state index is -2.38. The number of rotatable bonds is 0. The molecule has 0 amide bonds. The molecule has 0 aromatic rings. The van der Waals surface area contributed by atoms with Crippen molar-refractivity contribution in [3.8, 4) is 0 Å². The molecule has 0 spiro atoms. The second-order valence-corrected chi connectivity index (χ2v) is 30.5. The van der Waals surface area contributed by atoms with E-state index >= 15 is 0 Å². The Morgan fingerprint density at radius 2 is 0.654 bits per heavy atom. The molecule has 1 saturated heterocycles. The van der Waals surface area contributed by atoms with Gasteiger partial charge in [0.25, 0.3) is 70.0 Å². The fourth-order valence-electron chi connectivity index (χ4n) is 2.13. The molecule has 0 radical (unpaired) electrons. The molecule has 0 aromatic carbocycles. The highest BCUT2D eigenvalue weighted by atomic mass is 28.5. The lowest BCUT2D eigenvalue weighted by molar-refractivity contribution is 0.288. The molecule has 0 atom stereocenters. The lowest BCUT2D eigenvalue weighted by Crippen LogP contribution is -2.55. The fraction of sp³-hybridized carbons (Fsp3) is 1.00. The van der Waals surface area contributed by atoms with E-state index in [1.807, 2.05) is 39.3 Å². The van der Waals surface area contributed by atoms with Crippen LogP contribution in [-0.4, -0.2) is 95.7 Å². The van der Waals surface area contributed by atoms with Crippen LogP contribution in [0.25, 0.3) is 0 Å². The van der Waals surface area contributed by atoms with E-state index in [2.05, 4.69) is 0 Å². The van der Waals surface area contributed by atoms with Gasteiger partial charge in [0, 0.05) is 0 Å². The SMILES string of the molecule is C[Si]1(C)O[SiH2]O[SiH2]O[SiH2]O[SiH2]O[SiH2]O[SiH2]O[SiH2]O[Si](C)(C)O[Si](C)(C)O1. The molecule has 1 rings (SSSR count). The predicted molar refractivity (Wildman–Crippen MR) is 123 cm³/mol. The average molecular weight is 545 g/mol. The van der Waals surface area contributed by atoms with Gasteiger partial charge in [-0.15, -0.1) is 0 Å². The average Bonchev–Trinajstić information content (AvgIpc) is 2.47. The Morgan fingerprint density at radius 3 is 0.962 bits per heavy atom. The minimum Gasteiger partial charge on any atom is -0.425 e. The third kappa shape index (κ3) is 13.9. The van der Waals surface area contributed by atoms with Crippen molar-refractivity contribution in [2.45, 2.75) is 39.3 Å². The topological polar surface area (TPSA) is 92.3 Å². The molecule has 0 aromatic heterocycles. The summed E-state index contributed by atoms with van der Waals surface area (Å²) in [6, 6.07) is 0. The highest BCUT2D eigenvalue weighted by molar-refractivity contribution is 6.86. The van der Waals surface area contributed by atoms with Gasteiger partial charge in [0.2, 0.25) is 0 Å². The van der Waals surface area contributed by atoms with E-state index in [0.717, 1.165) is 0 Å². The first-order valence-corrected chi connectivity index (χ1v) is 24.8. The van der Waals surface area contributed by atoms with E-state index in [4.69, 9.17) is 41.2 Å². The zero-order chi connectivity index (χ0) is 19.5. The zero-order valence-electron chi connectivity index (χ0n) is 16.5. The standard InChI is InChI=1S/C6H32O10Si10/c1-24(2)13-22-11-20-9-18-7-17-8-19-10-21-12-23-14-25(3,4)16-26(5,6)15-24/h17-23H2,1-6H3. The van der Waals surface area contributed by atoms with Gasteiger partial charge in [-0.05, 0) is 39.3 Å². The van der Waals surface area contributed by atoms with Crippen molar-refractivity contribution in [2.24, 2.45) is 0 Å². The van der Waals surface area contributed by atoms with E-state index in [1.54, 1.807) is 0 Å². The smallest absolute Gasteiger partial charge is 0.314 e. The summed E-state index contributed by atoms with van der Waals surface area (Å²) >= 11 is 0. The van der Waals surface area contributed by atoms with Crippen LogP contribution in [0, 0.1) is 0 Å². The van der Waals surface area contributed by atoms with Gasteiger partial charge in [-0.3, -0.25) is 0 Å². The van der Waals surface area contributed by atoms with Crippen molar-refractivity contribution in [1.29, 1.82) is 0 Å². The van der Waals surface area contributed by atoms with Gasteiger partial charge in [0.1, 0.15) is 0 Å². The van der Waals surface area contributed by atoms with Crippen LogP contribution < -0.4 is 0 Å². The Hall–Kier alpha value is 1.77. The lowest BCUT2D eigenvalue weighted by atomic mass is 11.9. The van der Waals surface area contributed by atoms with Crippen molar-refractivity contribution < 1.29 is 41.2 Å². The van der Waals surface area contributed by atoms with Gasteiger partial charge < -0.3 is 41.2 Å². The molecule has 26 heavy (non-hydrogen) atoms. The minimum absolute atomic E-state index is 0.974. The van der Waals surface area contributed by atoms with Crippen LogP contribution >= 0.6 is 0 Å². The van der Waals surface area contributed by atoms with E-state index < -0.39 is 95.7 Å². The lowest BCUT2D eigenvalue weighted by Gasteiger charge is -2.37. The van der Waals surface area contributed by atoms with Crippen LogP contribution in [0.4, 0.5) is 0 Å². The second kappa shape index (κ2) is 13.1. The van der Waals surface area contributed by atoms with Crippen LogP contribution in [0.2, 0.25) is 39.3 Å². The molecule has 0 saturated carbocycles. The Morgan fingerprint density at radius 1 is 0.385 bits per heavy atom. The Kier molecular flexibility index (Phi) is 13.0. The summed E-state index contributed by atoms with van der Waals surface area (Å²) in [5.74, 6) is 0. The van der Waals surface area contributed by atoms with E-state index in [0.29, 0.717) is 0 Å². The van der Waals surface area contributed by atoms with Gasteiger partial charge in [0.05, 0.1) is 0 Å². The molecule has 1 heterocycles. The summed E-state index contributed by atoms with van der Waals surface area (Å²) in [7, 11) is -14.2. The van der Waals surface area contributed by atoms with Gasteiger partial charge in [-0.2, -0.15) is 0 Å². The van der Waals surface area contributed by atoms with Crippen LogP contribution in [-0.2, 0) is 41.2 Å². The third-order valence-electron chi connectivity index (χ3n) is 2.80. The van der Waals surface area contributed by atoms with Gasteiger partial charge in [-0.1, -0.05) is 0 Å². The van der Waals surface area contributed by atoms with Gasteiger partial charge in [0.15, 0.2) is 0 Å². The van der Waals surface area contributed by atoms with Crippen LogP contribution in [0.1, 0.15) is 0 Å². The molecule has 1 fully saturated rings. The molecular formula is C6H32O10Si10.